The molecule has 5 fully saturated rings. The summed E-state index contributed by atoms with van der Waals surface area (Å²) in [5, 5.41) is 0. The highest BCUT2D eigenvalue weighted by atomic mass is 16.5. The van der Waals surface area contributed by atoms with E-state index in [1.165, 1.54) is 58.3 Å². The van der Waals surface area contributed by atoms with Crippen molar-refractivity contribution in [2.75, 3.05) is 13.7 Å². The van der Waals surface area contributed by atoms with Gasteiger partial charge >= 0.3 is 5.97 Å². The number of esters is 1. The zero-order valence-corrected chi connectivity index (χ0v) is 18.6. The van der Waals surface area contributed by atoms with Crippen molar-refractivity contribution in [3.63, 3.8) is 0 Å². The Balaban J connectivity index is 1.40. The highest BCUT2D eigenvalue weighted by molar-refractivity contribution is 5.65. The molecule has 0 aromatic rings. The lowest BCUT2D eigenvalue weighted by Crippen LogP contribution is -2.57. The van der Waals surface area contributed by atoms with Crippen molar-refractivity contribution >= 4 is 5.97 Å². The Morgan fingerprint density at radius 3 is 2.57 bits per heavy atom. The van der Waals surface area contributed by atoms with Crippen LogP contribution < -0.4 is 0 Å². The molecule has 158 valence electrons. The second-order valence-corrected chi connectivity index (χ2v) is 11.7. The molecule has 5 saturated carbocycles. The Bertz CT molecular complexity index is 660. The molecule has 10 atom stereocenters. The molecule has 5 aliphatic rings. The van der Waals surface area contributed by atoms with Gasteiger partial charge in [-0.25, -0.2) is 0 Å². The van der Waals surface area contributed by atoms with E-state index in [9.17, 15) is 4.79 Å². The second kappa shape index (κ2) is 6.22. The topological polar surface area (TPSA) is 35.5 Å². The minimum absolute atomic E-state index is 0.135. The summed E-state index contributed by atoms with van der Waals surface area (Å²) in [4.78, 5) is 11.3. The van der Waals surface area contributed by atoms with Crippen molar-refractivity contribution in [1.29, 1.82) is 0 Å². The van der Waals surface area contributed by atoms with Gasteiger partial charge in [0.15, 0.2) is 0 Å². The van der Waals surface area contributed by atoms with Gasteiger partial charge in [-0.3, -0.25) is 4.79 Å². The van der Waals surface area contributed by atoms with Gasteiger partial charge in [0.05, 0.1) is 12.7 Å². The highest BCUT2D eigenvalue weighted by Gasteiger charge is 2.77. The number of methoxy groups -OCH3 is 1. The number of hydrogen-bond donors (Lipinski definition) is 0. The molecule has 28 heavy (non-hydrogen) atoms. The maximum atomic E-state index is 11.3. The van der Waals surface area contributed by atoms with E-state index in [0.29, 0.717) is 40.8 Å². The third-order valence-electron chi connectivity index (χ3n) is 11.1. The van der Waals surface area contributed by atoms with Crippen LogP contribution in [0.15, 0.2) is 0 Å². The molecule has 3 nitrogen and oxygen atoms in total. The maximum absolute atomic E-state index is 11.3. The number of carbonyl (C=O) groups is 1. The summed E-state index contributed by atoms with van der Waals surface area (Å²) in [6.07, 6.45) is 11.6. The molecule has 3 heteroatoms. The van der Waals surface area contributed by atoms with Gasteiger partial charge in [-0.2, -0.15) is 0 Å². The van der Waals surface area contributed by atoms with Crippen molar-refractivity contribution in [1.82, 2.24) is 0 Å². The van der Waals surface area contributed by atoms with E-state index in [1.54, 1.807) is 0 Å². The molecule has 0 bridgehead atoms. The van der Waals surface area contributed by atoms with Crippen molar-refractivity contribution in [3.05, 3.63) is 0 Å². The minimum Gasteiger partial charge on any atom is -0.466 e. The molecule has 0 N–H and O–H groups in total. The molecule has 10 unspecified atom stereocenters. The first-order valence-electron chi connectivity index (χ1n) is 11.9. The van der Waals surface area contributed by atoms with Gasteiger partial charge < -0.3 is 9.47 Å². The van der Waals surface area contributed by atoms with Crippen molar-refractivity contribution in [3.8, 4) is 0 Å². The Labute approximate surface area is 171 Å². The molecule has 5 rings (SSSR count). The molecule has 0 amide bonds. The molecule has 1 spiro atoms. The van der Waals surface area contributed by atoms with E-state index in [-0.39, 0.29) is 5.97 Å². The Kier molecular flexibility index (Phi) is 4.31. The van der Waals surface area contributed by atoms with Gasteiger partial charge in [-0.05, 0) is 97.7 Å². The molecule has 5 aliphatic carbocycles. The molecule has 0 aromatic carbocycles. The fourth-order valence-electron chi connectivity index (χ4n) is 9.92. The molecular weight excluding hydrogens is 348 g/mol. The Hall–Kier alpha value is -0.570. The number of fused-ring (bicyclic) bond motifs is 4. The summed E-state index contributed by atoms with van der Waals surface area (Å²) in [6, 6.07) is 0. The minimum atomic E-state index is -0.135. The van der Waals surface area contributed by atoms with Crippen LogP contribution in [-0.4, -0.2) is 25.8 Å². The van der Waals surface area contributed by atoms with Crippen molar-refractivity contribution in [2.45, 2.75) is 85.2 Å². The molecule has 0 aromatic heterocycles. The molecule has 0 aliphatic heterocycles. The van der Waals surface area contributed by atoms with Gasteiger partial charge in [0.1, 0.15) is 0 Å². The molecular formula is C25H40O3. The van der Waals surface area contributed by atoms with Gasteiger partial charge in [0.2, 0.25) is 0 Å². The number of hydrogen-bond acceptors (Lipinski definition) is 3. The first kappa shape index (κ1) is 19.4. The average molecular weight is 389 g/mol. The SMILES string of the molecule is COC1CC2C3CCC(C(C)COC(C)=O)C3(C)CCC2C2(C)CCC3CC312. The fourth-order valence-corrected chi connectivity index (χ4v) is 9.92. The van der Waals surface area contributed by atoms with E-state index < -0.39 is 0 Å². The summed E-state index contributed by atoms with van der Waals surface area (Å²) in [5.41, 5.74) is 1.46. The van der Waals surface area contributed by atoms with E-state index in [1.807, 2.05) is 7.11 Å². The number of carbonyl (C=O) groups excluding carboxylic acids is 1. The smallest absolute Gasteiger partial charge is 0.302 e. The monoisotopic (exact) mass is 388 g/mol. The standard InChI is InChI=1S/C25H40O3/c1-15(14-28-16(2)26)19-6-7-20-18-12-22(27-5)25-13-17(25)8-11-24(25,4)21(18)9-10-23(19,20)3/h15,17-22H,6-14H2,1-5H3. The average Bonchev–Trinajstić information content (AvgIpc) is 3.16. The molecule has 0 heterocycles. The van der Waals surface area contributed by atoms with E-state index in [2.05, 4.69) is 20.8 Å². The first-order valence-corrected chi connectivity index (χ1v) is 11.9. The van der Waals surface area contributed by atoms with Crippen LogP contribution in [-0.2, 0) is 14.3 Å². The zero-order valence-electron chi connectivity index (χ0n) is 18.6. The van der Waals surface area contributed by atoms with Crippen LogP contribution in [0, 0.1) is 51.8 Å². The van der Waals surface area contributed by atoms with Gasteiger partial charge in [0, 0.05) is 19.4 Å². The van der Waals surface area contributed by atoms with E-state index in [4.69, 9.17) is 9.47 Å². The normalized spacial score (nSPS) is 54.9. The first-order chi connectivity index (χ1) is 13.3. The summed E-state index contributed by atoms with van der Waals surface area (Å²) in [5.74, 6) is 4.57. The largest absolute Gasteiger partial charge is 0.466 e. The van der Waals surface area contributed by atoms with Crippen molar-refractivity contribution < 1.29 is 14.3 Å². The van der Waals surface area contributed by atoms with Crippen LogP contribution in [0.5, 0.6) is 0 Å². The van der Waals surface area contributed by atoms with Crippen LogP contribution in [0.3, 0.4) is 0 Å². The zero-order chi connectivity index (χ0) is 19.9. The lowest BCUT2D eigenvalue weighted by molar-refractivity contribution is -0.162. The predicted octanol–water partition coefficient (Wildman–Crippen LogP) is 5.47. The molecule has 0 radical (unpaired) electrons. The van der Waals surface area contributed by atoms with Crippen LogP contribution in [0.4, 0.5) is 0 Å². The number of rotatable bonds is 4. The highest BCUT2D eigenvalue weighted by Crippen LogP contribution is 2.82. The summed E-state index contributed by atoms with van der Waals surface area (Å²) in [7, 11) is 1.98. The van der Waals surface area contributed by atoms with Gasteiger partial charge in [-0.1, -0.05) is 20.8 Å². The van der Waals surface area contributed by atoms with Crippen LogP contribution in [0.25, 0.3) is 0 Å². The Morgan fingerprint density at radius 2 is 1.89 bits per heavy atom. The number of ether oxygens (including phenoxy) is 2. The lowest BCUT2D eigenvalue weighted by atomic mass is 9.45. The fraction of sp³-hybridized carbons (Fsp3) is 0.960. The summed E-state index contributed by atoms with van der Waals surface area (Å²) < 4.78 is 11.6. The molecule has 0 saturated heterocycles. The third kappa shape index (κ3) is 2.29. The van der Waals surface area contributed by atoms with Gasteiger partial charge in [0.25, 0.3) is 0 Å². The predicted molar refractivity (Wildman–Crippen MR) is 110 cm³/mol. The van der Waals surface area contributed by atoms with Crippen LogP contribution in [0.2, 0.25) is 0 Å². The Morgan fingerprint density at radius 1 is 1.11 bits per heavy atom. The summed E-state index contributed by atoms with van der Waals surface area (Å²) >= 11 is 0. The third-order valence-corrected chi connectivity index (χ3v) is 11.1. The maximum Gasteiger partial charge on any atom is 0.302 e. The van der Waals surface area contributed by atoms with Crippen LogP contribution in [0.1, 0.15) is 79.1 Å². The van der Waals surface area contributed by atoms with Crippen molar-refractivity contribution in [2.24, 2.45) is 51.8 Å². The van der Waals surface area contributed by atoms with E-state index >= 15 is 0 Å². The van der Waals surface area contributed by atoms with E-state index in [0.717, 1.165) is 23.7 Å². The second-order valence-electron chi connectivity index (χ2n) is 11.7. The lowest BCUT2D eigenvalue weighted by Gasteiger charge is -2.61. The quantitative estimate of drug-likeness (QED) is 0.599. The summed E-state index contributed by atoms with van der Waals surface area (Å²) in [6.45, 7) is 9.68. The van der Waals surface area contributed by atoms with Gasteiger partial charge in [-0.15, -0.1) is 0 Å². The van der Waals surface area contributed by atoms with Crippen LogP contribution >= 0.6 is 0 Å².